The fourth-order valence-electron chi connectivity index (χ4n) is 2.96. The summed E-state index contributed by atoms with van der Waals surface area (Å²) < 4.78 is 48.9. The molecule has 22 heavy (non-hydrogen) atoms. The van der Waals surface area contributed by atoms with E-state index in [1.165, 1.54) is 16.8 Å². The Morgan fingerprint density at radius 3 is 2.95 bits per heavy atom. The molecule has 2 fully saturated rings. The predicted molar refractivity (Wildman–Crippen MR) is 70.0 cm³/mol. The molecule has 0 aliphatic carbocycles. The van der Waals surface area contributed by atoms with Crippen LogP contribution in [0.1, 0.15) is 6.42 Å². The minimum Gasteiger partial charge on any atom is -0.468 e. The molecule has 2 aromatic rings. The van der Waals surface area contributed by atoms with Crippen LogP contribution in [0.5, 0.6) is 5.88 Å². The Labute approximate surface area is 123 Å². The number of aromatic nitrogens is 3. The highest BCUT2D eigenvalue weighted by Gasteiger charge is 2.40. The number of ether oxygens (including phenoxy) is 2. The second kappa shape index (κ2) is 4.73. The third kappa shape index (κ3) is 2.35. The normalized spacial score (nSPS) is 24.4. The van der Waals surface area contributed by atoms with Crippen molar-refractivity contribution in [2.75, 3.05) is 24.7 Å². The zero-order valence-electron chi connectivity index (χ0n) is 11.5. The lowest BCUT2D eigenvalue weighted by Gasteiger charge is -2.28. The van der Waals surface area contributed by atoms with Crippen LogP contribution in [0.25, 0.3) is 5.65 Å². The van der Waals surface area contributed by atoms with Crippen LogP contribution in [0.4, 0.5) is 19.0 Å². The second-order valence-corrected chi connectivity index (χ2v) is 5.45. The highest BCUT2D eigenvalue weighted by atomic mass is 19.4. The van der Waals surface area contributed by atoms with Gasteiger partial charge in [-0.15, -0.1) is 0 Å². The zero-order chi connectivity index (χ0) is 15.3. The topological polar surface area (TPSA) is 51.9 Å². The van der Waals surface area contributed by atoms with E-state index in [9.17, 15) is 13.2 Å². The van der Waals surface area contributed by atoms with Crippen LogP contribution in [-0.2, 0) is 4.74 Å². The van der Waals surface area contributed by atoms with E-state index in [0.717, 1.165) is 6.42 Å². The Bertz CT molecular complexity index is 702. The van der Waals surface area contributed by atoms with E-state index in [1.807, 2.05) is 0 Å². The Morgan fingerprint density at radius 2 is 2.27 bits per heavy atom. The molecule has 4 heterocycles. The van der Waals surface area contributed by atoms with Crippen molar-refractivity contribution < 1.29 is 22.6 Å². The van der Waals surface area contributed by atoms with Crippen LogP contribution in [0, 0.1) is 0 Å². The van der Waals surface area contributed by atoms with Gasteiger partial charge in [0.05, 0.1) is 24.9 Å². The Morgan fingerprint density at radius 1 is 1.41 bits per heavy atom. The van der Waals surface area contributed by atoms with Crippen molar-refractivity contribution in [1.29, 1.82) is 0 Å². The summed E-state index contributed by atoms with van der Waals surface area (Å²) in [5.41, 5.74) is 0.457. The minimum atomic E-state index is -4.40. The zero-order valence-corrected chi connectivity index (χ0v) is 11.5. The van der Waals surface area contributed by atoms with Gasteiger partial charge in [-0.1, -0.05) is 0 Å². The quantitative estimate of drug-likeness (QED) is 0.862. The number of alkyl halides is 3. The van der Waals surface area contributed by atoms with E-state index >= 15 is 0 Å². The smallest absolute Gasteiger partial charge is 0.422 e. The van der Waals surface area contributed by atoms with E-state index < -0.39 is 12.8 Å². The fraction of sp³-hybridized carbons (Fsp3) is 0.538. The van der Waals surface area contributed by atoms with E-state index in [1.54, 1.807) is 6.07 Å². The molecule has 4 rings (SSSR count). The van der Waals surface area contributed by atoms with E-state index in [2.05, 4.69) is 15.0 Å². The van der Waals surface area contributed by atoms with E-state index in [-0.39, 0.29) is 18.0 Å². The molecule has 2 bridgehead atoms. The van der Waals surface area contributed by atoms with Crippen LogP contribution in [0.15, 0.2) is 18.3 Å². The monoisotopic (exact) mass is 314 g/mol. The van der Waals surface area contributed by atoms with Gasteiger partial charge < -0.3 is 14.4 Å². The summed E-state index contributed by atoms with van der Waals surface area (Å²) >= 11 is 0. The molecule has 9 heteroatoms. The van der Waals surface area contributed by atoms with Crippen molar-refractivity contribution in [1.82, 2.24) is 14.6 Å². The number of fused-ring (bicyclic) bond motifs is 3. The molecule has 2 saturated heterocycles. The summed E-state index contributed by atoms with van der Waals surface area (Å²) in [5, 5.41) is 3.95. The van der Waals surface area contributed by atoms with Gasteiger partial charge in [-0.05, 0) is 6.42 Å². The maximum Gasteiger partial charge on any atom is 0.422 e. The van der Waals surface area contributed by atoms with Crippen molar-refractivity contribution in [2.24, 2.45) is 0 Å². The first-order valence-corrected chi connectivity index (χ1v) is 6.92. The van der Waals surface area contributed by atoms with Crippen LogP contribution in [-0.4, -0.2) is 52.7 Å². The molecule has 0 unspecified atom stereocenters. The van der Waals surface area contributed by atoms with Crippen LogP contribution in [0.2, 0.25) is 0 Å². The molecule has 0 N–H and O–H groups in total. The van der Waals surface area contributed by atoms with Crippen LogP contribution in [0.3, 0.4) is 0 Å². The van der Waals surface area contributed by atoms with Gasteiger partial charge in [0.1, 0.15) is 5.82 Å². The molecule has 0 radical (unpaired) electrons. The largest absolute Gasteiger partial charge is 0.468 e. The van der Waals surface area contributed by atoms with Gasteiger partial charge in [-0.2, -0.15) is 22.8 Å². The van der Waals surface area contributed by atoms with Gasteiger partial charge in [0.15, 0.2) is 12.3 Å². The maximum atomic E-state index is 12.4. The number of hydrogen-bond acceptors (Lipinski definition) is 5. The van der Waals surface area contributed by atoms with Gasteiger partial charge in [-0.3, -0.25) is 0 Å². The van der Waals surface area contributed by atoms with Crippen LogP contribution >= 0.6 is 0 Å². The highest BCUT2D eigenvalue weighted by molar-refractivity contribution is 5.53. The van der Waals surface area contributed by atoms with Gasteiger partial charge in [0.2, 0.25) is 5.88 Å². The molecule has 0 aromatic carbocycles. The minimum absolute atomic E-state index is 0.0333. The van der Waals surface area contributed by atoms with Gasteiger partial charge >= 0.3 is 6.18 Å². The molecule has 0 amide bonds. The summed E-state index contributed by atoms with van der Waals surface area (Å²) in [7, 11) is 0. The maximum absolute atomic E-state index is 12.4. The highest BCUT2D eigenvalue weighted by Crippen LogP contribution is 2.33. The first-order valence-electron chi connectivity index (χ1n) is 6.92. The lowest BCUT2D eigenvalue weighted by Crippen LogP contribution is -2.37. The lowest BCUT2D eigenvalue weighted by atomic mass is 10.2. The number of nitrogens with zero attached hydrogens (tertiary/aromatic N) is 4. The van der Waals surface area contributed by atoms with Crippen molar-refractivity contribution in [3.05, 3.63) is 18.3 Å². The molecule has 2 aliphatic heterocycles. The van der Waals surface area contributed by atoms with E-state index in [0.29, 0.717) is 24.6 Å². The fourth-order valence-corrected chi connectivity index (χ4v) is 2.96. The third-order valence-corrected chi connectivity index (χ3v) is 3.89. The molecule has 2 atom stereocenters. The van der Waals surface area contributed by atoms with Crippen LogP contribution < -0.4 is 9.64 Å². The lowest BCUT2D eigenvalue weighted by molar-refractivity contribution is -0.154. The first kappa shape index (κ1) is 13.6. The molecule has 0 spiro atoms. The third-order valence-electron chi connectivity index (χ3n) is 3.89. The first-order chi connectivity index (χ1) is 10.5. The average Bonchev–Trinajstić information content (AvgIpc) is 3.18. The molecule has 118 valence electrons. The van der Waals surface area contributed by atoms with Crippen molar-refractivity contribution in [3.63, 3.8) is 0 Å². The number of morpholine rings is 1. The SMILES string of the molecule is FC(F)(F)COc1cc(N2C[C@@H]3C[C@H]2CO3)nc2ccnn12. The molecular formula is C13H13F3N4O2. The summed E-state index contributed by atoms with van der Waals surface area (Å²) in [6.07, 6.45) is -1.83. The second-order valence-electron chi connectivity index (χ2n) is 5.45. The van der Waals surface area contributed by atoms with Crippen molar-refractivity contribution in [2.45, 2.75) is 24.7 Å². The van der Waals surface area contributed by atoms with Crippen molar-refractivity contribution in [3.8, 4) is 5.88 Å². The molecule has 0 saturated carbocycles. The van der Waals surface area contributed by atoms with Gasteiger partial charge in [0.25, 0.3) is 0 Å². The number of rotatable bonds is 3. The van der Waals surface area contributed by atoms with E-state index in [4.69, 9.17) is 9.47 Å². The predicted octanol–water partition coefficient (Wildman–Crippen LogP) is 1.65. The number of halogens is 3. The Kier molecular flexibility index (Phi) is 2.93. The van der Waals surface area contributed by atoms with Gasteiger partial charge in [-0.25, -0.2) is 4.98 Å². The van der Waals surface area contributed by atoms with Crippen molar-refractivity contribution >= 4 is 11.5 Å². The summed E-state index contributed by atoms with van der Waals surface area (Å²) in [5.74, 6) is 0.631. The Hall–Kier alpha value is -2.03. The average molecular weight is 314 g/mol. The Balaban J connectivity index is 1.68. The standard InChI is InChI=1S/C13H13F3N4O2/c14-13(15,16)7-22-12-4-11(18-10-1-2-17-20(10)12)19-5-9-3-8(19)6-21-9/h1-2,4,8-9H,3,5-7H2/t8-,9-/m0/s1. The molecule has 2 aliphatic rings. The summed E-state index contributed by atoms with van der Waals surface area (Å²) in [4.78, 5) is 6.51. The van der Waals surface area contributed by atoms with Gasteiger partial charge in [0, 0.05) is 18.7 Å². The summed E-state index contributed by atoms with van der Waals surface area (Å²) in [6, 6.07) is 3.36. The summed E-state index contributed by atoms with van der Waals surface area (Å²) in [6.45, 7) is -0.0448. The molecule has 6 nitrogen and oxygen atoms in total. The number of anilines is 1. The number of hydrogen-bond donors (Lipinski definition) is 0. The molecular weight excluding hydrogens is 301 g/mol. The molecule has 2 aromatic heterocycles.